The Labute approximate surface area is 201 Å². The molecule has 1 amide bonds. The summed E-state index contributed by atoms with van der Waals surface area (Å²) in [7, 11) is 0. The van der Waals surface area contributed by atoms with Gasteiger partial charge in [-0.2, -0.15) is 0 Å². The third-order valence-electron chi connectivity index (χ3n) is 6.82. The minimum atomic E-state index is 0.0796. The van der Waals surface area contributed by atoms with Crippen molar-refractivity contribution in [2.75, 3.05) is 19.6 Å². The highest BCUT2D eigenvalue weighted by Gasteiger charge is 2.39. The van der Waals surface area contributed by atoms with Gasteiger partial charge < -0.3 is 9.30 Å². The molecule has 6 rings (SSSR count). The normalized spacial score (nSPS) is 20.9. The van der Waals surface area contributed by atoms with Gasteiger partial charge in [-0.3, -0.25) is 9.69 Å². The van der Waals surface area contributed by atoms with Crippen LogP contribution in [0.4, 0.5) is 0 Å². The second kappa shape index (κ2) is 8.56. The molecule has 3 aromatic heterocycles. The molecule has 2 saturated heterocycles. The summed E-state index contributed by atoms with van der Waals surface area (Å²) in [5.41, 5.74) is 4.16. The molecule has 0 radical (unpaired) electrons. The van der Waals surface area contributed by atoms with E-state index in [-0.39, 0.29) is 11.9 Å². The van der Waals surface area contributed by atoms with Crippen molar-refractivity contribution in [3.8, 4) is 11.3 Å². The van der Waals surface area contributed by atoms with E-state index in [4.69, 9.17) is 16.6 Å². The first kappa shape index (κ1) is 20.8. The van der Waals surface area contributed by atoms with Gasteiger partial charge in [0, 0.05) is 54.0 Å². The molecule has 0 aliphatic carbocycles. The molecule has 0 saturated carbocycles. The second-order valence-corrected chi connectivity index (χ2v) is 10.2. The molecular formula is C25H24ClN5OS. The molecule has 2 bridgehead atoms. The van der Waals surface area contributed by atoms with Crippen molar-refractivity contribution in [3.63, 3.8) is 0 Å². The molecule has 2 unspecified atom stereocenters. The lowest BCUT2D eigenvalue weighted by Gasteiger charge is -2.31. The van der Waals surface area contributed by atoms with Crippen molar-refractivity contribution in [1.82, 2.24) is 24.2 Å². The Morgan fingerprint density at radius 1 is 1.15 bits per heavy atom. The molecule has 2 fully saturated rings. The zero-order valence-corrected chi connectivity index (χ0v) is 19.7. The number of amides is 1. The van der Waals surface area contributed by atoms with E-state index in [2.05, 4.69) is 25.4 Å². The quantitative estimate of drug-likeness (QED) is 0.421. The Morgan fingerprint density at radius 2 is 2.03 bits per heavy atom. The predicted molar refractivity (Wildman–Crippen MR) is 131 cm³/mol. The number of halogens is 1. The molecule has 2 atom stereocenters. The monoisotopic (exact) mass is 477 g/mol. The standard InChI is InChI=1S/C25H24ClN5OS/c26-19-6-4-18(5-7-19)23-21(30-10-2-1-3-22(30)28-23)16-29-11-8-17-13-20(15-29)31(14-17)25(32)24-27-9-12-33-24/h1-7,9-10,12,17,20H,8,11,13-16H2. The summed E-state index contributed by atoms with van der Waals surface area (Å²) >= 11 is 7.56. The molecule has 8 heteroatoms. The van der Waals surface area contributed by atoms with Gasteiger partial charge >= 0.3 is 0 Å². The van der Waals surface area contributed by atoms with Crippen LogP contribution in [0.3, 0.4) is 0 Å². The summed E-state index contributed by atoms with van der Waals surface area (Å²) in [6, 6.07) is 14.2. The smallest absolute Gasteiger partial charge is 0.283 e. The van der Waals surface area contributed by atoms with Crippen LogP contribution in [-0.4, -0.2) is 55.8 Å². The molecule has 0 spiro atoms. The Morgan fingerprint density at radius 3 is 2.85 bits per heavy atom. The maximum absolute atomic E-state index is 13.1. The van der Waals surface area contributed by atoms with E-state index in [1.165, 1.54) is 17.0 Å². The first-order valence-corrected chi connectivity index (χ1v) is 12.6. The number of imidazole rings is 1. The zero-order valence-electron chi connectivity index (χ0n) is 18.1. The van der Waals surface area contributed by atoms with Gasteiger partial charge in [-0.1, -0.05) is 29.8 Å². The molecule has 2 aliphatic heterocycles. The van der Waals surface area contributed by atoms with E-state index >= 15 is 0 Å². The SMILES string of the molecule is O=C(c1nccs1)N1CC2CCN(Cc3c(-c4ccc(Cl)cc4)nc4ccccn34)CC1C2. The lowest BCUT2D eigenvalue weighted by Crippen LogP contribution is -2.44. The van der Waals surface area contributed by atoms with Crippen molar-refractivity contribution >= 4 is 34.5 Å². The first-order chi connectivity index (χ1) is 16.2. The van der Waals surface area contributed by atoms with E-state index in [0.717, 1.165) is 60.9 Å². The summed E-state index contributed by atoms with van der Waals surface area (Å²) in [5, 5.41) is 3.19. The maximum Gasteiger partial charge on any atom is 0.283 e. The van der Waals surface area contributed by atoms with E-state index in [1.54, 1.807) is 6.20 Å². The lowest BCUT2D eigenvalue weighted by atomic mass is 10.0. The third-order valence-corrected chi connectivity index (χ3v) is 7.83. The van der Waals surface area contributed by atoms with Crippen LogP contribution in [0, 0.1) is 5.92 Å². The van der Waals surface area contributed by atoms with Gasteiger partial charge in [0.25, 0.3) is 5.91 Å². The van der Waals surface area contributed by atoms with Crippen molar-refractivity contribution in [2.45, 2.75) is 25.4 Å². The number of fused-ring (bicyclic) bond motifs is 3. The second-order valence-electron chi connectivity index (χ2n) is 8.92. The third kappa shape index (κ3) is 3.94. The highest BCUT2D eigenvalue weighted by molar-refractivity contribution is 7.11. The molecule has 6 nitrogen and oxygen atoms in total. The number of aromatic nitrogens is 3. The molecule has 33 heavy (non-hydrogen) atoms. The molecule has 4 aromatic rings. The highest BCUT2D eigenvalue weighted by Crippen LogP contribution is 2.33. The average molecular weight is 478 g/mol. The Kier molecular flexibility index (Phi) is 5.40. The number of hydrogen-bond donors (Lipinski definition) is 0. The van der Waals surface area contributed by atoms with Crippen LogP contribution >= 0.6 is 22.9 Å². The average Bonchev–Trinajstić information content (AvgIpc) is 3.53. The van der Waals surface area contributed by atoms with Crippen LogP contribution in [0.25, 0.3) is 16.9 Å². The maximum atomic E-state index is 13.1. The summed E-state index contributed by atoms with van der Waals surface area (Å²) in [5.74, 6) is 0.637. The predicted octanol–water partition coefficient (Wildman–Crippen LogP) is 4.85. The number of benzene rings is 1. The number of nitrogens with zero attached hydrogens (tertiary/aromatic N) is 5. The molecule has 0 N–H and O–H groups in total. The van der Waals surface area contributed by atoms with Gasteiger partial charge in [0.15, 0.2) is 5.01 Å². The van der Waals surface area contributed by atoms with Crippen molar-refractivity contribution in [3.05, 3.63) is 76.0 Å². The summed E-state index contributed by atoms with van der Waals surface area (Å²) in [4.78, 5) is 26.8. The van der Waals surface area contributed by atoms with E-state index in [0.29, 0.717) is 10.9 Å². The number of carbonyl (C=O) groups is 1. The fourth-order valence-electron chi connectivity index (χ4n) is 5.24. The van der Waals surface area contributed by atoms with Gasteiger partial charge in [0.1, 0.15) is 5.65 Å². The minimum Gasteiger partial charge on any atom is -0.332 e. The highest BCUT2D eigenvalue weighted by atomic mass is 35.5. The van der Waals surface area contributed by atoms with Crippen LogP contribution in [0.1, 0.15) is 28.3 Å². The number of pyridine rings is 1. The van der Waals surface area contributed by atoms with Crippen LogP contribution in [0.15, 0.2) is 60.2 Å². The molecule has 2 aliphatic rings. The number of carbonyl (C=O) groups excluding carboxylic acids is 1. The number of likely N-dealkylation sites (tertiary alicyclic amines) is 2. The molecular weight excluding hydrogens is 454 g/mol. The van der Waals surface area contributed by atoms with Gasteiger partial charge in [-0.05, 0) is 49.6 Å². The van der Waals surface area contributed by atoms with E-state index in [9.17, 15) is 4.79 Å². The van der Waals surface area contributed by atoms with Crippen LogP contribution in [0.2, 0.25) is 5.02 Å². The lowest BCUT2D eigenvalue weighted by molar-refractivity contribution is 0.0675. The van der Waals surface area contributed by atoms with Crippen molar-refractivity contribution < 1.29 is 4.79 Å². The van der Waals surface area contributed by atoms with Gasteiger partial charge in [-0.25, -0.2) is 9.97 Å². The van der Waals surface area contributed by atoms with Gasteiger partial charge in [0.2, 0.25) is 0 Å². The summed E-state index contributed by atoms with van der Waals surface area (Å²) < 4.78 is 2.19. The van der Waals surface area contributed by atoms with Gasteiger partial charge in [0.05, 0.1) is 11.4 Å². The number of hydrogen-bond acceptors (Lipinski definition) is 5. The summed E-state index contributed by atoms with van der Waals surface area (Å²) in [6.45, 7) is 3.53. The Hall–Kier alpha value is -2.74. The molecule has 1 aromatic carbocycles. The Bertz CT molecular complexity index is 1290. The van der Waals surface area contributed by atoms with Crippen molar-refractivity contribution in [2.24, 2.45) is 5.92 Å². The van der Waals surface area contributed by atoms with E-state index < -0.39 is 0 Å². The topological polar surface area (TPSA) is 53.7 Å². The fraction of sp³-hybridized carbons (Fsp3) is 0.320. The summed E-state index contributed by atoms with van der Waals surface area (Å²) in [6.07, 6.45) is 5.97. The number of thiazole rings is 1. The Balaban J connectivity index is 1.30. The van der Waals surface area contributed by atoms with Crippen LogP contribution in [0.5, 0.6) is 0 Å². The van der Waals surface area contributed by atoms with Gasteiger partial charge in [-0.15, -0.1) is 11.3 Å². The molecule has 168 valence electrons. The zero-order chi connectivity index (χ0) is 22.4. The first-order valence-electron chi connectivity index (χ1n) is 11.3. The van der Waals surface area contributed by atoms with E-state index in [1.807, 2.05) is 47.8 Å². The fourth-order valence-corrected chi connectivity index (χ4v) is 5.96. The van der Waals surface area contributed by atoms with Crippen molar-refractivity contribution in [1.29, 1.82) is 0 Å². The van der Waals surface area contributed by atoms with Crippen LogP contribution in [-0.2, 0) is 6.54 Å². The minimum absolute atomic E-state index is 0.0796. The molecule has 5 heterocycles. The largest absolute Gasteiger partial charge is 0.332 e. The van der Waals surface area contributed by atoms with Crippen LogP contribution < -0.4 is 0 Å². The number of rotatable bonds is 4.